The molecule has 0 N–H and O–H groups in total. The first-order chi connectivity index (χ1) is 8.54. The van der Waals surface area contributed by atoms with Crippen molar-refractivity contribution in [2.24, 2.45) is 7.05 Å². The van der Waals surface area contributed by atoms with Gasteiger partial charge in [-0.2, -0.15) is 5.10 Å². The average molecular weight is 248 g/mol. The second-order valence-corrected chi connectivity index (χ2v) is 4.23. The van der Waals surface area contributed by atoms with Crippen LogP contribution in [0.5, 0.6) is 5.75 Å². The second kappa shape index (κ2) is 4.64. The number of aryl methyl sites for hydroxylation is 2. The molecule has 0 unspecified atom stereocenters. The fourth-order valence-corrected chi connectivity index (χ4v) is 1.90. The van der Waals surface area contributed by atoms with Crippen LogP contribution in [0.15, 0.2) is 17.3 Å². The molecule has 0 spiro atoms. The van der Waals surface area contributed by atoms with Crippen molar-refractivity contribution in [1.82, 2.24) is 19.3 Å². The van der Waals surface area contributed by atoms with Gasteiger partial charge in [-0.05, 0) is 13.8 Å². The minimum atomic E-state index is -0.157. The van der Waals surface area contributed by atoms with Gasteiger partial charge in [-0.1, -0.05) is 0 Å². The molecule has 0 aliphatic rings. The average Bonchev–Trinajstić information content (AvgIpc) is 2.65. The Bertz CT molecular complexity index is 627. The topological polar surface area (TPSA) is 61.9 Å². The lowest BCUT2D eigenvalue weighted by atomic mass is 10.1. The third-order valence-corrected chi connectivity index (χ3v) is 2.94. The summed E-state index contributed by atoms with van der Waals surface area (Å²) in [6, 6.07) is 0. The molecular formula is C12H16N4O2. The Hall–Kier alpha value is -2.11. The number of ether oxygens (including phenoxy) is 1. The van der Waals surface area contributed by atoms with Crippen LogP contribution in [0.1, 0.15) is 16.8 Å². The monoisotopic (exact) mass is 248 g/mol. The molecule has 6 heteroatoms. The number of pyridine rings is 1. The third-order valence-electron chi connectivity index (χ3n) is 2.94. The van der Waals surface area contributed by atoms with Gasteiger partial charge in [0.15, 0.2) is 0 Å². The molecule has 2 aromatic rings. The van der Waals surface area contributed by atoms with Crippen LogP contribution in [0.2, 0.25) is 0 Å². The smallest absolute Gasteiger partial charge is 0.345 e. The molecule has 18 heavy (non-hydrogen) atoms. The van der Waals surface area contributed by atoms with E-state index in [9.17, 15) is 4.79 Å². The van der Waals surface area contributed by atoms with Gasteiger partial charge in [-0.25, -0.2) is 9.48 Å². The van der Waals surface area contributed by atoms with Crippen LogP contribution in [-0.2, 0) is 13.6 Å². The van der Waals surface area contributed by atoms with Crippen molar-refractivity contribution in [2.75, 3.05) is 7.11 Å². The number of rotatable bonds is 3. The number of nitrogens with zero attached hydrogens (tertiary/aromatic N) is 4. The Balaban J connectivity index is 2.41. The van der Waals surface area contributed by atoms with Gasteiger partial charge in [-0.15, -0.1) is 0 Å². The van der Waals surface area contributed by atoms with Crippen molar-refractivity contribution in [3.05, 3.63) is 39.8 Å². The van der Waals surface area contributed by atoms with E-state index in [0.717, 1.165) is 22.6 Å². The predicted octanol–water partition coefficient (Wildman–Crippen LogP) is 0.651. The normalized spacial score (nSPS) is 10.7. The quantitative estimate of drug-likeness (QED) is 0.800. The van der Waals surface area contributed by atoms with Crippen LogP contribution >= 0.6 is 0 Å². The van der Waals surface area contributed by atoms with Crippen LogP contribution < -0.4 is 10.4 Å². The zero-order valence-corrected chi connectivity index (χ0v) is 11.0. The van der Waals surface area contributed by atoms with E-state index in [0.29, 0.717) is 6.54 Å². The van der Waals surface area contributed by atoms with Crippen LogP contribution in [0.4, 0.5) is 0 Å². The summed E-state index contributed by atoms with van der Waals surface area (Å²) in [7, 11) is 3.30. The van der Waals surface area contributed by atoms with Crippen molar-refractivity contribution >= 4 is 0 Å². The van der Waals surface area contributed by atoms with Crippen molar-refractivity contribution in [1.29, 1.82) is 0 Å². The first kappa shape index (κ1) is 12.3. The molecule has 96 valence electrons. The maximum absolute atomic E-state index is 11.7. The zero-order valence-electron chi connectivity index (χ0n) is 11.0. The molecule has 2 heterocycles. The first-order valence-corrected chi connectivity index (χ1v) is 5.62. The molecule has 6 nitrogen and oxygen atoms in total. The molecule has 0 saturated carbocycles. The molecular weight excluding hydrogens is 232 g/mol. The van der Waals surface area contributed by atoms with Crippen molar-refractivity contribution in [3.63, 3.8) is 0 Å². The van der Waals surface area contributed by atoms with Gasteiger partial charge >= 0.3 is 5.69 Å². The highest BCUT2D eigenvalue weighted by molar-refractivity contribution is 5.41. The summed E-state index contributed by atoms with van der Waals surface area (Å²) in [6.07, 6.45) is 3.23. The molecule has 0 aromatic carbocycles. The number of hydrogen-bond acceptors (Lipinski definition) is 4. The summed E-state index contributed by atoms with van der Waals surface area (Å²) >= 11 is 0. The highest BCUT2D eigenvalue weighted by atomic mass is 16.5. The predicted molar refractivity (Wildman–Crippen MR) is 66.8 cm³/mol. The molecule has 0 bridgehead atoms. The van der Waals surface area contributed by atoms with Gasteiger partial charge < -0.3 is 4.74 Å². The Morgan fingerprint density at radius 1 is 1.39 bits per heavy atom. The Kier molecular flexibility index (Phi) is 3.18. The van der Waals surface area contributed by atoms with E-state index in [4.69, 9.17) is 4.74 Å². The first-order valence-electron chi connectivity index (χ1n) is 5.62. The molecule has 0 saturated heterocycles. The lowest BCUT2D eigenvalue weighted by molar-refractivity contribution is 0.406. The van der Waals surface area contributed by atoms with E-state index in [2.05, 4.69) is 10.1 Å². The summed E-state index contributed by atoms with van der Waals surface area (Å²) in [4.78, 5) is 16.1. The lowest BCUT2D eigenvalue weighted by Crippen LogP contribution is -2.24. The Labute approximate surface area is 105 Å². The summed E-state index contributed by atoms with van der Waals surface area (Å²) in [5.74, 6) is 0.809. The van der Waals surface area contributed by atoms with Gasteiger partial charge in [0.2, 0.25) is 0 Å². The van der Waals surface area contributed by atoms with E-state index >= 15 is 0 Å². The maximum atomic E-state index is 11.7. The number of hydrogen-bond donors (Lipinski definition) is 0. The van der Waals surface area contributed by atoms with Gasteiger partial charge in [0.25, 0.3) is 0 Å². The van der Waals surface area contributed by atoms with Crippen molar-refractivity contribution in [3.8, 4) is 5.75 Å². The Morgan fingerprint density at radius 3 is 2.67 bits per heavy atom. The number of methoxy groups -OCH3 is 1. The molecule has 0 aliphatic carbocycles. The second-order valence-electron chi connectivity index (χ2n) is 4.23. The zero-order chi connectivity index (χ0) is 13.3. The molecule has 0 atom stereocenters. The summed E-state index contributed by atoms with van der Waals surface area (Å²) in [5.41, 5.74) is 2.55. The highest BCUT2D eigenvalue weighted by Gasteiger charge is 2.11. The summed E-state index contributed by atoms with van der Waals surface area (Å²) in [5, 5.41) is 4.02. The van der Waals surface area contributed by atoms with Crippen molar-refractivity contribution < 1.29 is 4.74 Å². The van der Waals surface area contributed by atoms with Crippen LogP contribution in [0.3, 0.4) is 0 Å². The van der Waals surface area contributed by atoms with E-state index in [1.54, 1.807) is 20.4 Å². The fraction of sp³-hybridized carbons (Fsp3) is 0.417. The fourth-order valence-electron chi connectivity index (χ4n) is 1.90. The highest BCUT2D eigenvalue weighted by Crippen LogP contribution is 2.23. The molecule has 2 aromatic heterocycles. The summed E-state index contributed by atoms with van der Waals surface area (Å²) in [6.45, 7) is 4.22. The maximum Gasteiger partial charge on any atom is 0.345 e. The SMILES string of the molecule is COc1c(C)cnc(Cn2ncn(C)c2=O)c1C. The van der Waals surface area contributed by atoms with Gasteiger partial charge in [-0.3, -0.25) is 9.55 Å². The molecule has 0 aliphatic heterocycles. The lowest BCUT2D eigenvalue weighted by Gasteiger charge is -2.11. The molecule has 2 rings (SSSR count). The largest absolute Gasteiger partial charge is 0.496 e. The minimum Gasteiger partial charge on any atom is -0.496 e. The van der Waals surface area contributed by atoms with E-state index < -0.39 is 0 Å². The minimum absolute atomic E-state index is 0.157. The summed E-state index contributed by atoms with van der Waals surface area (Å²) < 4.78 is 8.15. The van der Waals surface area contributed by atoms with Crippen LogP contribution in [0.25, 0.3) is 0 Å². The van der Waals surface area contributed by atoms with E-state index in [1.807, 2.05) is 13.8 Å². The standard InChI is InChI=1S/C12H16N4O2/c1-8-5-13-10(9(2)11(8)18-4)6-16-12(17)15(3)7-14-16/h5,7H,6H2,1-4H3. The van der Waals surface area contributed by atoms with Crippen LogP contribution in [0, 0.1) is 13.8 Å². The number of aromatic nitrogens is 4. The van der Waals surface area contributed by atoms with E-state index in [-0.39, 0.29) is 5.69 Å². The third kappa shape index (κ3) is 2.01. The van der Waals surface area contributed by atoms with Crippen LogP contribution in [-0.4, -0.2) is 26.4 Å². The van der Waals surface area contributed by atoms with E-state index in [1.165, 1.54) is 15.6 Å². The van der Waals surface area contributed by atoms with Crippen molar-refractivity contribution in [2.45, 2.75) is 20.4 Å². The molecule has 0 amide bonds. The van der Waals surface area contributed by atoms with Gasteiger partial charge in [0.1, 0.15) is 12.1 Å². The van der Waals surface area contributed by atoms with Gasteiger partial charge in [0, 0.05) is 24.4 Å². The molecule has 0 radical (unpaired) electrons. The molecule has 0 fully saturated rings. The van der Waals surface area contributed by atoms with Gasteiger partial charge in [0.05, 0.1) is 19.3 Å². The Morgan fingerprint density at radius 2 is 2.11 bits per heavy atom.